The van der Waals surface area contributed by atoms with Crippen molar-refractivity contribution in [2.45, 2.75) is 6.92 Å². The molecule has 0 spiro atoms. The summed E-state index contributed by atoms with van der Waals surface area (Å²) in [5, 5.41) is 9.20. The summed E-state index contributed by atoms with van der Waals surface area (Å²) in [7, 11) is 0. The standard InChI is InChI=1S/C14H9ClFN/c1-9-6-10(2-3-11(9)8-17)13-5-4-12(15)7-14(13)16/h2-7H,1H3. The molecule has 0 saturated carbocycles. The molecule has 0 saturated heterocycles. The summed E-state index contributed by atoms with van der Waals surface area (Å²) in [5.41, 5.74) is 2.67. The molecule has 0 atom stereocenters. The van der Waals surface area contributed by atoms with Crippen molar-refractivity contribution in [1.29, 1.82) is 5.26 Å². The van der Waals surface area contributed by atoms with Crippen molar-refractivity contribution in [3.8, 4) is 17.2 Å². The van der Waals surface area contributed by atoms with E-state index in [1.807, 2.05) is 6.92 Å². The number of aryl methyl sites for hydroxylation is 1. The number of benzene rings is 2. The lowest BCUT2D eigenvalue weighted by Crippen LogP contribution is -1.87. The van der Waals surface area contributed by atoms with Gasteiger partial charge in [0.2, 0.25) is 0 Å². The van der Waals surface area contributed by atoms with Crippen LogP contribution in [-0.2, 0) is 0 Å². The topological polar surface area (TPSA) is 23.8 Å². The lowest BCUT2D eigenvalue weighted by Gasteiger charge is -2.06. The molecule has 0 radical (unpaired) electrons. The molecule has 0 bridgehead atoms. The van der Waals surface area contributed by atoms with Gasteiger partial charge in [0.1, 0.15) is 5.82 Å². The molecule has 1 nitrogen and oxygen atoms in total. The van der Waals surface area contributed by atoms with E-state index in [0.29, 0.717) is 16.1 Å². The van der Waals surface area contributed by atoms with Gasteiger partial charge >= 0.3 is 0 Å². The molecule has 0 N–H and O–H groups in total. The molecule has 0 aromatic heterocycles. The molecule has 0 aliphatic carbocycles. The maximum Gasteiger partial charge on any atom is 0.132 e. The minimum absolute atomic E-state index is 0.360. The molecule has 0 aliphatic rings. The maximum atomic E-state index is 13.7. The van der Waals surface area contributed by atoms with Crippen LogP contribution in [0.5, 0.6) is 0 Å². The molecule has 0 aliphatic heterocycles. The van der Waals surface area contributed by atoms with E-state index >= 15 is 0 Å². The van der Waals surface area contributed by atoms with Crippen LogP contribution in [0.1, 0.15) is 11.1 Å². The van der Waals surface area contributed by atoms with Gasteiger partial charge in [0.25, 0.3) is 0 Å². The minimum Gasteiger partial charge on any atom is -0.206 e. The van der Waals surface area contributed by atoms with Gasteiger partial charge in [0.05, 0.1) is 11.6 Å². The zero-order chi connectivity index (χ0) is 12.4. The average Bonchev–Trinajstić information content (AvgIpc) is 2.29. The number of rotatable bonds is 1. The van der Waals surface area contributed by atoms with Gasteiger partial charge in [-0.05, 0) is 42.3 Å². The van der Waals surface area contributed by atoms with E-state index < -0.39 is 0 Å². The highest BCUT2D eigenvalue weighted by molar-refractivity contribution is 6.30. The summed E-state index contributed by atoms with van der Waals surface area (Å²) in [6, 6.07) is 11.9. The molecule has 0 heterocycles. The zero-order valence-corrected chi connectivity index (χ0v) is 9.92. The number of halogens is 2. The second kappa shape index (κ2) is 4.57. The molecule has 0 fully saturated rings. The van der Waals surface area contributed by atoms with Gasteiger partial charge in [-0.3, -0.25) is 0 Å². The highest BCUT2D eigenvalue weighted by atomic mass is 35.5. The van der Waals surface area contributed by atoms with Gasteiger partial charge in [0.15, 0.2) is 0 Å². The summed E-state index contributed by atoms with van der Waals surface area (Å²) in [6.45, 7) is 1.83. The predicted octanol–water partition coefficient (Wildman–Crippen LogP) is 4.33. The quantitative estimate of drug-likeness (QED) is 0.734. The molecule has 0 amide bonds. The smallest absolute Gasteiger partial charge is 0.132 e. The van der Waals surface area contributed by atoms with Crippen molar-refractivity contribution in [2.75, 3.05) is 0 Å². The normalized spacial score (nSPS) is 10.0. The van der Waals surface area contributed by atoms with Crippen LogP contribution >= 0.6 is 11.6 Å². The SMILES string of the molecule is Cc1cc(-c2ccc(Cl)cc2F)ccc1C#N. The third kappa shape index (κ3) is 2.30. The fourth-order valence-electron chi connectivity index (χ4n) is 1.68. The van der Waals surface area contributed by atoms with Crippen molar-refractivity contribution in [3.05, 3.63) is 58.4 Å². The monoisotopic (exact) mass is 245 g/mol. The molecule has 2 aromatic rings. The Morgan fingerprint density at radius 1 is 1.18 bits per heavy atom. The molecule has 17 heavy (non-hydrogen) atoms. The van der Waals surface area contributed by atoms with Gasteiger partial charge in [-0.15, -0.1) is 0 Å². The van der Waals surface area contributed by atoms with Crippen molar-refractivity contribution < 1.29 is 4.39 Å². The Labute approximate surface area is 104 Å². The van der Waals surface area contributed by atoms with Crippen LogP contribution in [0.25, 0.3) is 11.1 Å². The summed E-state index contributed by atoms with van der Waals surface area (Å²) < 4.78 is 13.7. The molecular weight excluding hydrogens is 237 g/mol. The van der Waals surface area contributed by atoms with Crippen LogP contribution in [0.15, 0.2) is 36.4 Å². The Balaban J connectivity index is 2.54. The summed E-state index contributed by atoms with van der Waals surface area (Å²) in [4.78, 5) is 0. The van der Waals surface area contributed by atoms with Crippen LogP contribution in [0.4, 0.5) is 4.39 Å². The second-order valence-corrected chi connectivity index (χ2v) is 4.20. The molecule has 0 unspecified atom stereocenters. The Morgan fingerprint density at radius 2 is 1.94 bits per heavy atom. The van der Waals surface area contributed by atoms with E-state index in [1.165, 1.54) is 6.07 Å². The van der Waals surface area contributed by atoms with Gasteiger partial charge in [-0.25, -0.2) is 4.39 Å². The first-order valence-electron chi connectivity index (χ1n) is 5.08. The lowest BCUT2D eigenvalue weighted by atomic mass is 10.00. The Morgan fingerprint density at radius 3 is 2.53 bits per heavy atom. The Hall–Kier alpha value is -1.85. The highest BCUT2D eigenvalue weighted by Crippen LogP contribution is 2.26. The van der Waals surface area contributed by atoms with E-state index in [2.05, 4.69) is 6.07 Å². The second-order valence-electron chi connectivity index (χ2n) is 3.77. The molecule has 84 valence electrons. The van der Waals surface area contributed by atoms with Gasteiger partial charge in [-0.2, -0.15) is 5.26 Å². The van der Waals surface area contributed by atoms with E-state index in [-0.39, 0.29) is 5.82 Å². The average molecular weight is 246 g/mol. The van der Waals surface area contributed by atoms with Gasteiger partial charge < -0.3 is 0 Å². The number of hydrogen-bond donors (Lipinski definition) is 0. The molecular formula is C14H9ClFN. The summed E-state index contributed by atoms with van der Waals surface area (Å²) in [6.07, 6.45) is 0. The van der Waals surface area contributed by atoms with Gasteiger partial charge in [-0.1, -0.05) is 23.7 Å². The first-order chi connectivity index (χ1) is 8.11. The minimum atomic E-state index is -0.360. The van der Waals surface area contributed by atoms with E-state index in [1.54, 1.807) is 30.3 Å². The van der Waals surface area contributed by atoms with Crippen LogP contribution in [0.3, 0.4) is 0 Å². The van der Waals surface area contributed by atoms with Crippen LogP contribution in [0.2, 0.25) is 5.02 Å². The van der Waals surface area contributed by atoms with Crippen LogP contribution in [0, 0.1) is 24.1 Å². The van der Waals surface area contributed by atoms with Crippen molar-refractivity contribution in [1.82, 2.24) is 0 Å². The third-order valence-electron chi connectivity index (χ3n) is 2.59. The predicted molar refractivity (Wildman–Crippen MR) is 66.3 cm³/mol. The maximum absolute atomic E-state index is 13.7. The van der Waals surface area contributed by atoms with Crippen molar-refractivity contribution >= 4 is 11.6 Å². The number of nitrogens with zero attached hydrogens (tertiary/aromatic N) is 1. The summed E-state index contributed by atoms with van der Waals surface area (Å²) in [5.74, 6) is -0.360. The van der Waals surface area contributed by atoms with E-state index in [9.17, 15) is 4.39 Å². The first kappa shape index (κ1) is 11.6. The summed E-state index contributed by atoms with van der Waals surface area (Å²) >= 11 is 5.70. The number of hydrogen-bond acceptors (Lipinski definition) is 1. The Bertz CT molecular complexity index is 614. The van der Waals surface area contributed by atoms with E-state index in [4.69, 9.17) is 16.9 Å². The molecule has 2 aromatic carbocycles. The largest absolute Gasteiger partial charge is 0.206 e. The highest BCUT2D eigenvalue weighted by Gasteiger charge is 2.07. The molecule has 3 heteroatoms. The third-order valence-corrected chi connectivity index (χ3v) is 2.82. The number of nitriles is 1. The van der Waals surface area contributed by atoms with Crippen molar-refractivity contribution in [2.24, 2.45) is 0 Å². The van der Waals surface area contributed by atoms with Crippen LogP contribution in [-0.4, -0.2) is 0 Å². The van der Waals surface area contributed by atoms with Gasteiger partial charge in [0, 0.05) is 10.6 Å². The lowest BCUT2D eigenvalue weighted by molar-refractivity contribution is 0.631. The fraction of sp³-hybridized carbons (Fsp3) is 0.0714. The first-order valence-corrected chi connectivity index (χ1v) is 5.46. The molecule has 2 rings (SSSR count). The van der Waals surface area contributed by atoms with Crippen molar-refractivity contribution in [3.63, 3.8) is 0 Å². The van der Waals surface area contributed by atoms with E-state index in [0.717, 1.165) is 11.1 Å². The Kier molecular flexibility index (Phi) is 3.12. The van der Waals surface area contributed by atoms with Crippen LogP contribution < -0.4 is 0 Å². The fourth-order valence-corrected chi connectivity index (χ4v) is 1.84. The zero-order valence-electron chi connectivity index (χ0n) is 9.17.